The zero-order valence-corrected chi connectivity index (χ0v) is 11.8. The van der Waals surface area contributed by atoms with Crippen LogP contribution in [0, 0.1) is 0 Å². The van der Waals surface area contributed by atoms with E-state index in [1.807, 2.05) is 16.7 Å². The van der Waals surface area contributed by atoms with E-state index in [4.69, 9.17) is 0 Å². The number of rotatable bonds is 1. The van der Waals surface area contributed by atoms with Gasteiger partial charge >= 0.3 is 0 Å². The van der Waals surface area contributed by atoms with Gasteiger partial charge in [0.1, 0.15) is 0 Å². The molecule has 3 heterocycles. The van der Waals surface area contributed by atoms with Crippen molar-refractivity contribution in [2.75, 3.05) is 52.1 Å². The number of carbonyl (C=O) groups is 1. The standard InChI is InChI=1S/C12H22N4OS/c1-15-4-6-16(7-5-15)11(17)10-8-18-12(14-10)2-3-13-9-12/h10,13-14H,2-9H2,1H3/t10-,12?/m0/s1. The molecule has 2 N–H and O–H groups in total. The summed E-state index contributed by atoms with van der Waals surface area (Å²) >= 11 is 1.92. The first kappa shape index (κ1) is 12.7. The van der Waals surface area contributed by atoms with Crippen LogP contribution in [-0.2, 0) is 4.79 Å². The molecule has 5 nitrogen and oxygen atoms in total. The van der Waals surface area contributed by atoms with Gasteiger partial charge in [0, 0.05) is 38.5 Å². The molecule has 1 amide bonds. The molecule has 1 unspecified atom stereocenters. The highest BCUT2D eigenvalue weighted by Gasteiger charge is 2.44. The van der Waals surface area contributed by atoms with Crippen LogP contribution in [0.3, 0.4) is 0 Å². The van der Waals surface area contributed by atoms with Gasteiger partial charge in [-0.1, -0.05) is 0 Å². The summed E-state index contributed by atoms with van der Waals surface area (Å²) in [6.45, 7) is 5.81. The molecule has 102 valence electrons. The van der Waals surface area contributed by atoms with Gasteiger partial charge in [-0.05, 0) is 20.0 Å². The normalized spacial score (nSPS) is 37.6. The number of carbonyl (C=O) groups excluding carboxylic acids is 1. The Morgan fingerprint density at radius 1 is 1.33 bits per heavy atom. The van der Waals surface area contributed by atoms with E-state index >= 15 is 0 Å². The van der Waals surface area contributed by atoms with Crippen LogP contribution in [0.4, 0.5) is 0 Å². The van der Waals surface area contributed by atoms with Gasteiger partial charge in [0.25, 0.3) is 0 Å². The van der Waals surface area contributed by atoms with Gasteiger partial charge in [-0.2, -0.15) is 0 Å². The Morgan fingerprint density at radius 2 is 2.11 bits per heavy atom. The summed E-state index contributed by atoms with van der Waals surface area (Å²) in [4.78, 5) is 16.9. The summed E-state index contributed by atoms with van der Waals surface area (Å²) in [6, 6.07) is 0.0262. The van der Waals surface area contributed by atoms with Crippen LogP contribution in [0.5, 0.6) is 0 Å². The summed E-state index contributed by atoms with van der Waals surface area (Å²) in [6.07, 6.45) is 1.13. The first-order valence-corrected chi connectivity index (χ1v) is 7.77. The van der Waals surface area contributed by atoms with E-state index in [2.05, 4.69) is 22.6 Å². The molecule has 0 aromatic rings. The highest BCUT2D eigenvalue weighted by Crippen LogP contribution is 2.35. The minimum absolute atomic E-state index is 0.0262. The van der Waals surface area contributed by atoms with E-state index < -0.39 is 0 Å². The number of hydrogen-bond donors (Lipinski definition) is 2. The maximum Gasteiger partial charge on any atom is 0.240 e. The molecule has 3 fully saturated rings. The van der Waals surface area contributed by atoms with Gasteiger partial charge in [0.05, 0.1) is 10.9 Å². The summed E-state index contributed by atoms with van der Waals surface area (Å²) in [7, 11) is 2.12. The molecular weight excluding hydrogens is 248 g/mol. The molecule has 3 aliphatic heterocycles. The predicted octanol–water partition coefficient (Wildman–Crippen LogP) is -0.845. The minimum atomic E-state index is 0.0262. The highest BCUT2D eigenvalue weighted by atomic mass is 32.2. The van der Waals surface area contributed by atoms with Crippen molar-refractivity contribution in [3.63, 3.8) is 0 Å². The Labute approximate surface area is 113 Å². The second-order valence-electron chi connectivity index (χ2n) is 5.56. The number of likely N-dealkylation sites (N-methyl/N-ethyl adjacent to an activating group) is 1. The number of piperazine rings is 1. The average Bonchev–Trinajstić information content (AvgIpc) is 3.01. The number of thioether (sulfide) groups is 1. The largest absolute Gasteiger partial charge is 0.339 e. The maximum absolute atomic E-state index is 12.5. The molecule has 0 aromatic heterocycles. The Morgan fingerprint density at radius 3 is 2.78 bits per heavy atom. The van der Waals surface area contributed by atoms with Crippen LogP contribution in [0.1, 0.15) is 6.42 Å². The van der Waals surface area contributed by atoms with Gasteiger partial charge in [-0.15, -0.1) is 11.8 Å². The van der Waals surface area contributed by atoms with E-state index in [1.165, 1.54) is 0 Å². The Balaban J connectivity index is 1.57. The van der Waals surface area contributed by atoms with E-state index in [1.54, 1.807) is 0 Å². The molecule has 0 aliphatic carbocycles. The molecule has 0 saturated carbocycles. The summed E-state index contributed by atoms with van der Waals surface area (Å²) in [5.74, 6) is 1.23. The van der Waals surface area contributed by atoms with E-state index in [-0.39, 0.29) is 10.9 Å². The van der Waals surface area contributed by atoms with Crippen molar-refractivity contribution in [3.8, 4) is 0 Å². The molecule has 3 saturated heterocycles. The molecule has 3 rings (SSSR count). The van der Waals surface area contributed by atoms with Crippen molar-refractivity contribution in [3.05, 3.63) is 0 Å². The van der Waals surface area contributed by atoms with Crippen molar-refractivity contribution in [1.29, 1.82) is 0 Å². The maximum atomic E-state index is 12.5. The van der Waals surface area contributed by atoms with E-state index in [9.17, 15) is 4.79 Å². The minimum Gasteiger partial charge on any atom is -0.339 e. The fraction of sp³-hybridized carbons (Fsp3) is 0.917. The Hall–Kier alpha value is -0.300. The van der Waals surface area contributed by atoms with Crippen LogP contribution in [0.25, 0.3) is 0 Å². The molecule has 0 radical (unpaired) electrons. The van der Waals surface area contributed by atoms with Crippen LogP contribution in [0.15, 0.2) is 0 Å². The van der Waals surface area contributed by atoms with Gasteiger partial charge in [-0.3, -0.25) is 10.1 Å². The molecule has 1 spiro atoms. The zero-order valence-electron chi connectivity index (χ0n) is 10.9. The van der Waals surface area contributed by atoms with Crippen molar-refractivity contribution < 1.29 is 4.79 Å². The fourth-order valence-corrected chi connectivity index (χ4v) is 4.33. The molecule has 18 heavy (non-hydrogen) atoms. The summed E-state index contributed by atoms with van der Waals surface area (Å²) in [5.41, 5.74) is 0. The zero-order chi connectivity index (χ0) is 12.6. The molecule has 6 heteroatoms. The van der Waals surface area contributed by atoms with E-state index in [0.717, 1.165) is 51.4 Å². The van der Waals surface area contributed by atoms with Crippen LogP contribution in [-0.4, -0.2) is 78.7 Å². The third-order valence-corrected chi connectivity index (χ3v) is 5.71. The molecule has 3 aliphatic rings. The number of nitrogens with one attached hydrogen (secondary N) is 2. The molecule has 2 atom stereocenters. The lowest BCUT2D eigenvalue weighted by Crippen LogP contribution is -2.55. The Bertz CT molecular complexity index is 324. The van der Waals surface area contributed by atoms with Crippen molar-refractivity contribution in [1.82, 2.24) is 20.4 Å². The second kappa shape index (κ2) is 5.00. The highest BCUT2D eigenvalue weighted by molar-refractivity contribution is 8.01. The average molecular weight is 270 g/mol. The molecule has 0 bridgehead atoms. The SMILES string of the molecule is CN1CCN(C(=O)[C@@H]2CSC3(CCNC3)N2)CC1. The van der Waals surface area contributed by atoms with Gasteiger partial charge < -0.3 is 15.1 Å². The van der Waals surface area contributed by atoms with Gasteiger partial charge in [0.2, 0.25) is 5.91 Å². The van der Waals surface area contributed by atoms with Crippen molar-refractivity contribution in [2.45, 2.75) is 17.3 Å². The summed E-state index contributed by atoms with van der Waals surface area (Å²) < 4.78 is 0. The third-order valence-electron chi connectivity index (χ3n) is 4.19. The van der Waals surface area contributed by atoms with Crippen LogP contribution >= 0.6 is 11.8 Å². The first-order chi connectivity index (χ1) is 8.69. The summed E-state index contributed by atoms with van der Waals surface area (Å²) in [5, 5.41) is 6.96. The van der Waals surface area contributed by atoms with Crippen molar-refractivity contribution >= 4 is 17.7 Å². The quantitative estimate of drug-likeness (QED) is 0.650. The number of hydrogen-bond acceptors (Lipinski definition) is 5. The number of nitrogens with zero attached hydrogens (tertiary/aromatic N) is 2. The van der Waals surface area contributed by atoms with Crippen LogP contribution < -0.4 is 10.6 Å². The third kappa shape index (κ3) is 2.39. The smallest absolute Gasteiger partial charge is 0.240 e. The van der Waals surface area contributed by atoms with Crippen LogP contribution in [0.2, 0.25) is 0 Å². The lowest BCUT2D eigenvalue weighted by Gasteiger charge is -2.34. The lowest BCUT2D eigenvalue weighted by molar-refractivity contribution is -0.134. The fourth-order valence-electron chi connectivity index (χ4n) is 2.94. The second-order valence-corrected chi connectivity index (χ2v) is 6.96. The Kier molecular flexibility index (Phi) is 3.53. The topological polar surface area (TPSA) is 47.6 Å². The van der Waals surface area contributed by atoms with Gasteiger partial charge in [-0.25, -0.2) is 0 Å². The van der Waals surface area contributed by atoms with Gasteiger partial charge in [0.15, 0.2) is 0 Å². The lowest BCUT2D eigenvalue weighted by atomic mass is 10.2. The van der Waals surface area contributed by atoms with E-state index in [0.29, 0.717) is 5.91 Å². The molecular formula is C12H22N4OS. The number of amides is 1. The molecule has 0 aromatic carbocycles. The predicted molar refractivity (Wildman–Crippen MR) is 73.7 cm³/mol. The first-order valence-electron chi connectivity index (χ1n) is 6.78. The monoisotopic (exact) mass is 270 g/mol. The van der Waals surface area contributed by atoms with Crippen molar-refractivity contribution in [2.24, 2.45) is 0 Å².